The van der Waals surface area contributed by atoms with E-state index in [0.717, 1.165) is 45.6 Å². The number of amides is 3. The molecule has 33 heavy (non-hydrogen) atoms. The molecule has 1 aliphatic heterocycles. The number of rotatable bonds is 9. The summed E-state index contributed by atoms with van der Waals surface area (Å²) in [5, 5.41) is 8.53. The van der Waals surface area contributed by atoms with E-state index in [1.165, 1.54) is 11.3 Å². The number of piperazine rings is 1. The van der Waals surface area contributed by atoms with E-state index in [1.807, 2.05) is 13.8 Å². The fourth-order valence-electron chi connectivity index (χ4n) is 4.02. The third-order valence-corrected chi connectivity index (χ3v) is 5.77. The number of urea groups is 1. The zero-order chi connectivity index (χ0) is 23.6. The lowest BCUT2D eigenvalue weighted by Crippen LogP contribution is -2.46. The van der Waals surface area contributed by atoms with Crippen molar-refractivity contribution in [2.24, 2.45) is 0 Å². The number of aryl methyl sites for hydroxylation is 1. The molecule has 0 aliphatic carbocycles. The number of anilines is 2. The molecule has 2 aromatic rings. The summed E-state index contributed by atoms with van der Waals surface area (Å²) in [6, 6.07) is 15.5. The van der Waals surface area contributed by atoms with Crippen LogP contribution < -0.4 is 20.9 Å². The molecule has 0 aromatic heterocycles. The van der Waals surface area contributed by atoms with Gasteiger partial charge in [-0.15, -0.1) is 0 Å². The fraction of sp³-hybridized carbons (Fsp3) is 0.462. The molecule has 2 aromatic carbocycles. The van der Waals surface area contributed by atoms with Crippen molar-refractivity contribution in [1.29, 1.82) is 0 Å². The molecule has 3 rings (SSSR count). The van der Waals surface area contributed by atoms with Crippen LogP contribution in [0, 0.1) is 6.92 Å². The lowest BCUT2D eigenvalue weighted by atomic mass is 10.1. The maximum Gasteiger partial charge on any atom is 0.319 e. The van der Waals surface area contributed by atoms with Gasteiger partial charge in [0.2, 0.25) is 0 Å². The molecule has 0 atom stereocenters. The van der Waals surface area contributed by atoms with E-state index in [2.05, 4.69) is 56.9 Å². The molecule has 1 saturated heterocycles. The molecule has 3 N–H and O–H groups in total. The Kier molecular flexibility index (Phi) is 9.13. The Balaban J connectivity index is 1.35. The van der Waals surface area contributed by atoms with E-state index < -0.39 is 0 Å². The lowest BCUT2D eigenvalue weighted by molar-refractivity contribution is 0.0953. The van der Waals surface area contributed by atoms with Gasteiger partial charge in [-0.25, -0.2) is 4.79 Å². The number of carbonyl (C=O) groups excluding carboxylic acids is 2. The van der Waals surface area contributed by atoms with Gasteiger partial charge in [0.15, 0.2) is 0 Å². The molecule has 1 aliphatic rings. The molecule has 3 amide bonds. The number of hydrogen-bond acceptors (Lipinski definition) is 4. The van der Waals surface area contributed by atoms with Crippen LogP contribution >= 0.6 is 0 Å². The highest BCUT2D eigenvalue weighted by Gasteiger charge is 2.17. The van der Waals surface area contributed by atoms with Crippen molar-refractivity contribution in [3.8, 4) is 0 Å². The van der Waals surface area contributed by atoms with Gasteiger partial charge in [-0.1, -0.05) is 24.3 Å². The van der Waals surface area contributed by atoms with Crippen LogP contribution in [-0.4, -0.2) is 62.1 Å². The molecular formula is C26H37N5O2. The first-order valence-electron chi connectivity index (χ1n) is 11.9. The average Bonchev–Trinajstić information content (AvgIpc) is 2.79. The Morgan fingerprint density at radius 2 is 1.73 bits per heavy atom. The monoisotopic (exact) mass is 451 g/mol. The summed E-state index contributed by atoms with van der Waals surface area (Å²) in [5.41, 5.74) is 3.60. The third-order valence-electron chi connectivity index (χ3n) is 5.77. The average molecular weight is 452 g/mol. The summed E-state index contributed by atoms with van der Waals surface area (Å²) in [6.45, 7) is 11.8. The van der Waals surface area contributed by atoms with Crippen molar-refractivity contribution >= 4 is 23.3 Å². The van der Waals surface area contributed by atoms with E-state index in [-0.39, 0.29) is 18.0 Å². The van der Waals surface area contributed by atoms with Crippen LogP contribution in [0.3, 0.4) is 0 Å². The third kappa shape index (κ3) is 7.79. The summed E-state index contributed by atoms with van der Waals surface area (Å²) in [7, 11) is 0. The van der Waals surface area contributed by atoms with Crippen molar-refractivity contribution < 1.29 is 9.59 Å². The summed E-state index contributed by atoms with van der Waals surface area (Å²) >= 11 is 0. The first-order chi connectivity index (χ1) is 15.9. The number of nitrogens with zero attached hydrogens (tertiary/aromatic N) is 2. The summed E-state index contributed by atoms with van der Waals surface area (Å²) < 4.78 is 0. The molecule has 0 radical (unpaired) electrons. The summed E-state index contributed by atoms with van der Waals surface area (Å²) in [6.07, 6.45) is 1.97. The van der Waals surface area contributed by atoms with Crippen LogP contribution in [0.5, 0.6) is 0 Å². The van der Waals surface area contributed by atoms with Crippen LogP contribution in [0.1, 0.15) is 42.6 Å². The number of benzene rings is 2. The first kappa shape index (κ1) is 24.6. The predicted molar refractivity (Wildman–Crippen MR) is 135 cm³/mol. The number of nitrogens with one attached hydrogen (secondary N) is 3. The van der Waals surface area contributed by atoms with Crippen molar-refractivity contribution in [3.63, 3.8) is 0 Å². The van der Waals surface area contributed by atoms with Crippen LogP contribution in [0.2, 0.25) is 0 Å². The highest BCUT2D eigenvalue weighted by atomic mass is 16.2. The molecule has 178 valence electrons. The van der Waals surface area contributed by atoms with Crippen molar-refractivity contribution in [3.05, 3.63) is 59.7 Å². The van der Waals surface area contributed by atoms with Crippen LogP contribution in [0.15, 0.2) is 48.5 Å². The van der Waals surface area contributed by atoms with Crippen molar-refractivity contribution in [2.75, 3.05) is 49.5 Å². The highest BCUT2D eigenvalue weighted by Crippen LogP contribution is 2.18. The zero-order valence-corrected chi connectivity index (χ0v) is 20.1. The van der Waals surface area contributed by atoms with E-state index in [9.17, 15) is 9.59 Å². The van der Waals surface area contributed by atoms with E-state index >= 15 is 0 Å². The van der Waals surface area contributed by atoms with E-state index in [4.69, 9.17) is 0 Å². The number of hydrogen-bond donors (Lipinski definition) is 3. The lowest BCUT2D eigenvalue weighted by Gasteiger charge is -2.36. The fourth-order valence-corrected chi connectivity index (χ4v) is 4.02. The van der Waals surface area contributed by atoms with E-state index in [0.29, 0.717) is 17.8 Å². The Morgan fingerprint density at radius 3 is 2.45 bits per heavy atom. The highest BCUT2D eigenvalue weighted by molar-refractivity contribution is 6.03. The normalized spacial score (nSPS) is 14.2. The maximum atomic E-state index is 12.6. The smallest absolute Gasteiger partial charge is 0.319 e. The molecule has 0 bridgehead atoms. The maximum absolute atomic E-state index is 12.6. The van der Waals surface area contributed by atoms with Gasteiger partial charge in [-0.3, -0.25) is 9.69 Å². The van der Waals surface area contributed by atoms with Gasteiger partial charge in [0, 0.05) is 44.5 Å². The SMILES string of the molecule is Cc1cccc(N2CCN(CCCCNC(=O)c3ccccc3NC(=O)NC(C)C)CC2)c1. The minimum absolute atomic E-state index is 0.0245. The molecular weight excluding hydrogens is 414 g/mol. The molecule has 7 heteroatoms. The molecule has 0 spiro atoms. The number of unbranched alkanes of at least 4 members (excludes halogenated alkanes) is 1. The second kappa shape index (κ2) is 12.3. The zero-order valence-electron chi connectivity index (χ0n) is 20.1. The second-order valence-electron chi connectivity index (χ2n) is 8.93. The van der Waals surface area contributed by atoms with E-state index in [1.54, 1.807) is 24.3 Å². The van der Waals surface area contributed by atoms with Gasteiger partial charge in [0.25, 0.3) is 5.91 Å². The molecule has 1 fully saturated rings. The largest absolute Gasteiger partial charge is 0.369 e. The molecule has 0 saturated carbocycles. The minimum Gasteiger partial charge on any atom is -0.369 e. The molecule has 7 nitrogen and oxygen atoms in total. The first-order valence-corrected chi connectivity index (χ1v) is 11.9. The molecule has 1 heterocycles. The minimum atomic E-state index is -0.312. The standard InChI is InChI=1S/C26H37N5O2/c1-20(2)28-26(33)29-24-12-5-4-11-23(24)25(32)27-13-6-7-14-30-15-17-31(18-16-30)22-10-8-9-21(3)19-22/h4-5,8-12,19-20H,6-7,13-18H2,1-3H3,(H,27,32)(H2,28,29,33). The summed E-state index contributed by atoms with van der Waals surface area (Å²) in [5.74, 6) is -0.165. The molecule has 0 unspecified atom stereocenters. The number of para-hydroxylation sites is 1. The van der Waals surface area contributed by atoms with Crippen LogP contribution in [0.4, 0.5) is 16.2 Å². The Morgan fingerprint density at radius 1 is 0.970 bits per heavy atom. The van der Waals surface area contributed by atoms with Crippen molar-refractivity contribution in [1.82, 2.24) is 15.5 Å². The Hall–Kier alpha value is -3.06. The van der Waals surface area contributed by atoms with Crippen molar-refractivity contribution in [2.45, 2.75) is 39.7 Å². The summed E-state index contributed by atoms with van der Waals surface area (Å²) in [4.78, 5) is 29.6. The van der Waals surface area contributed by atoms with Gasteiger partial charge in [-0.05, 0) is 70.0 Å². The number of carbonyl (C=O) groups is 2. The van der Waals surface area contributed by atoms with Gasteiger partial charge in [0.1, 0.15) is 0 Å². The predicted octanol–water partition coefficient (Wildman–Crippen LogP) is 3.86. The van der Waals surface area contributed by atoms with Gasteiger partial charge >= 0.3 is 6.03 Å². The van der Waals surface area contributed by atoms with Crippen LogP contribution in [-0.2, 0) is 0 Å². The van der Waals surface area contributed by atoms with Gasteiger partial charge in [-0.2, -0.15) is 0 Å². The second-order valence-corrected chi connectivity index (χ2v) is 8.93. The van der Waals surface area contributed by atoms with Gasteiger partial charge < -0.3 is 20.9 Å². The quantitative estimate of drug-likeness (QED) is 0.506. The Labute approximate surface area is 197 Å². The van der Waals surface area contributed by atoms with Gasteiger partial charge in [0.05, 0.1) is 11.3 Å². The van der Waals surface area contributed by atoms with Crippen LogP contribution in [0.25, 0.3) is 0 Å². The Bertz CT molecular complexity index is 922. The topological polar surface area (TPSA) is 76.7 Å².